The van der Waals surface area contributed by atoms with Crippen molar-refractivity contribution in [1.29, 1.82) is 0 Å². The number of nitrogens with zero attached hydrogens (tertiary/aromatic N) is 4. The topological polar surface area (TPSA) is 153 Å². The van der Waals surface area contributed by atoms with Gasteiger partial charge in [-0.2, -0.15) is 0 Å². The first-order chi connectivity index (χ1) is 9.49. The number of aliphatic hydroxyl groups is 2. The fraction of sp³-hybridized carbons (Fsp3) is 0.600. The molecule has 0 aromatic carbocycles. The summed E-state index contributed by atoms with van der Waals surface area (Å²) in [4.78, 5) is 27.8. The number of azide groups is 1. The van der Waals surface area contributed by atoms with Crippen molar-refractivity contribution < 1.29 is 14.9 Å². The molecule has 0 bridgehead atoms. The van der Waals surface area contributed by atoms with Crippen LogP contribution in [0.1, 0.15) is 11.8 Å². The Labute approximate surface area is 111 Å². The van der Waals surface area contributed by atoms with Crippen molar-refractivity contribution in [3.05, 3.63) is 43.0 Å². The summed E-state index contributed by atoms with van der Waals surface area (Å²) in [6.07, 6.45) is -2.08. The zero-order chi connectivity index (χ0) is 14.9. The number of aromatic nitrogens is 2. The molecule has 3 N–H and O–H groups in total. The molecule has 0 aliphatic carbocycles. The highest BCUT2D eigenvalue weighted by Crippen LogP contribution is 2.30. The van der Waals surface area contributed by atoms with Gasteiger partial charge in [0.05, 0.1) is 12.7 Å². The van der Waals surface area contributed by atoms with Gasteiger partial charge in [-0.05, 0) is 12.5 Å². The van der Waals surface area contributed by atoms with Gasteiger partial charge in [0.2, 0.25) is 0 Å². The van der Waals surface area contributed by atoms with Crippen molar-refractivity contribution in [2.24, 2.45) is 5.11 Å². The first kappa shape index (κ1) is 14.3. The van der Waals surface area contributed by atoms with Gasteiger partial charge in [0.25, 0.3) is 5.56 Å². The van der Waals surface area contributed by atoms with Gasteiger partial charge in [-0.1, -0.05) is 5.11 Å². The van der Waals surface area contributed by atoms with E-state index in [2.05, 4.69) is 15.0 Å². The summed E-state index contributed by atoms with van der Waals surface area (Å²) in [7, 11) is 0. The molecule has 10 heteroatoms. The molecule has 108 valence electrons. The summed E-state index contributed by atoms with van der Waals surface area (Å²) in [6.45, 7) is 0.998. The minimum atomic E-state index is -1.25. The molecule has 2 heterocycles. The maximum absolute atomic E-state index is 11.8. The van der Waals surface area contributed by atoms with E-state index >= 15 is 0 Å². The molecule has 1 aliphatic heterocycles. The summed E-state index contributed by atoms with van der Waals surface area (Å²) in [5.41, 5.74) is 7.49. The van der Waals surface area contributed by atoms with Crippen molar-refractivity contribution in [1.82, 2.24) is 9.55 Å². The first-order valence-electron chi connectivity index (χ1n) is 5.80. The molecule has 1 saturated heterocycles. The van der Waals surface area contributed by atoms with Crippen LogP contribution in [0, 0.1) is 6.92 Å². The van der Waals surface area contributed by atoms with Crippen molar-refractivity contribution in [3.63, 3.8) is 0 Å². The number of ether oxygens (including phenoxy) is 1. The average molecular weight is 283 g/mol. The maximum atomic E-state index is 11.8. The molecule has 4 atom stereocenters. The van der Waals surface area contributed by atoms with Crippen LogP contribution in [-0.2, 0) is 4.74 Å². The fourth-order valence-corrected chi connectivity index (χ4v) is 2.07. The lowest BCUT2D eigenvalue weighted by atomic mass is 10.1. The number of hydrogen-bond donors (Lipinski definition) is 3. The molecule has 1 aliphatic rings. The zero-order valence-electron chi connectivity index (χ0n) is 10.5. The number of aromatic amines is 1. The molecular formula is C10H13N5O5. The average Bonchev–Trinajstić information content (AvgIpc) is 2.72. The summed E-state index contributed by atoms with van der Waals surface area (Å²) in [5, 5.41) is 22.4. The lowest BCUT2D eigenvalue weighted by Crippen LogP contribution is -2.37. The second kappa shape index (κ2) is 5.47. The van der Waals surface area contributed by atoms with Gasteiger partial charge in [-0.3, -0.25) is 14.3 Å². The Balaban J connectivity index is 2.50. The Bertz CT molecular complexity index is 661. The third-order valence-corrected chi connectivity index (χ3v) is 3.12. The zero-order valence-corrected chi connectivity index (χ0v) is 10.5. The molecule has 1 aromatic rings. The second-order valence-corrected chi connectivity index (χ2v) is 4.41. The summed E-state index contributed by atoms with van der Waals surface area (Å²) < 4.78 is 6.35. The molecule has 20 heavy (non-hydrogen) atoms. The van der Waals surface area contributed by atoms with Gasteiger partial charge in [-0.25, -0.2) is 4.79 Å². The third kappa shape index (κ3) is 2.32. The standard InChI is InChI=1S/C10H13N5O5/c1-4-2-15(10(19)12-8(4)18)9-6(13-14-11)7(17)5(3-16)20-9/h2,5-7,9,16-17H,3H2,1H3,(H,12,18,19)/t5-,6+,7-,9+/m1/s1. The number of H-pyrrole nitrogens is 1. The van der Waals surface area contributed by atoms with E-state index in [4.69, 9.17) is 15.4 Å². The smallest absolute Gasteiger partial charge is 0.330 e. The van der Waals surface area contributed by atoms with E-state index in [1.807, 2.05) is 0 Å². The highest BCUT2D eigenvalue weighted by molar-refractivity contribution is 5.04. The molecule has 0 unspecified atom stereocenters. The number of aryl methyl sites for hydroxylation is 1. The van der Waals surface area contributed by atoms with E-state index in [9.17, 15) is 14.7 Å². The van der Waals surface area contributed by atoms with Gasteiger partial charge in [-0.15, -0.1) is 0 Å². The molecule has 0 saturated carbocycles. The third-order valence-electron chi connectivity index (χ3n) is 3.12. The van der Waals surface area contributed by atoms with E-state index in [1.54, 1.807) is 0 Å². The SMILES string of the molecule is Cc1cn([C@H]2O[C@H](CO)[C@@H](O)[C@@H]2N=[N+]=[N-])c(=O)[nH]c1=O. The van der Waals surface area contributed by atoms with Gasteiger partial charge < -0.3 is 14.9 Å². The predicted molar refractivity (Wildman–Crippen MR) is 66.0 cm³/mol. The van der Waals surface area contributed by atoms with Crippen LogP contribution in [0.3, 0.4) is 0 Å². The minimum Gasteiger partial charge on any atom is -0.394 e. The van der Waals surface area contributed by atoms with Crippen molar-refractivity contribution >= 4 is 0 Å². The van der Waals surface area contributed by atoms with Crippen molar-refractivity contribution in [2.45, 2.75) is 31.4 Å². The molecule has 0 amide bonds. The molecule has 1 aromatic heterocycles. The lowest BCUT2D eigenvalue weighted by molar-refractivity contribution is -0.0465. The normalized spacial score (nSPS) is 29.1. The summed E-state index contributed by atoms with van der Waals surface area (Å²) in [5.74, 6) is 0. The van der Waals surface area contributed by atoms with Gasteiger partial charge in [0.1, 0.15) is 18.4 Å². The largest absolute Gasteiger partial charge is 0.394 e. The van der Waals surface area contributed by atoms with Gasteiger partial charge >= 0.3 is 5.69 Å². The predicted octanol–water partition coefficient (Wildman–Crippen LogP) is -1.23. The van der Waals surface area contributed by atoms with E-state index in [-0.39, 0.29) is 5.56 Å². The Morgan fingerprint density at radius 2 is 2.30 bits per heavy atom. The Morgan fingerprint density at radius 3 is 2.90 bits per heavy atom. The Hall–Kier alpha value is -2.13. The number of rotatable bonds is 3. The molecule has 0 spiro atoms. The van der Waals surface area contributed by atoms with Crippen LogP contribution in [0.4, 0.5) is 0 Å². The van der Waals surface area contributed by atoms with Gasteiger partial charge in [0.15, 0.2) is 0 Å². The van der Waals surface area contributed by atoms with E-state index in [1.165, 1.54) is 13.1 Å². The van der Waals surface area contributed by atoms with Crippen LogP contribution in [0.25, 0.3) is 10.4 Å². The molecule has 0 radical (unpaired) electrons. The lowest BCUT2D eigenvalue weighted by Gasteiger charge is -2.17. The quantitative estimate of drug-likeness (QED) is 0.360. The monoisotopic (exact) mass is 283 g/mol. The molecule has 1 fully saturated rings. The van der Waals surface area contributed by atoms with Crippen LogP contribution < -0.4 is 11.2 Å². The minimum absolute atomic E-state index is 0.259. The Kier molecular flexibility index (Phi) is 3.91. The molecular weight excluding hydrogens is 270 g/mol. The van der Waals surface area contributed by atoms with Crippen LogP contribution in [0.5, 0.6) is 0 Å². The number of aliphatic hydroxyl groups excluding tert-OH is 2. The number of hydrogen-bond acceptors (Lipinski definition) is 6. The van der Waals surface area contributed by atoms with Crippen molar-refractivity contribution in [2.75, 3.05) is 6.61 Å². The van der Waals surface area contributed by atoms with Crippen LogP contribution in [-0.4, -0.2) is 44.6 Å². The summed E-state index contributed by atoms with van der Waals surface area (Å²) in [6, 6.07) is -1.08. The van der Waals surface area contributed by atoms with Crippen LogP contribution in [0.2, 0.25) is 0 Å². The fourth-order valence-electron chi connectivity index (χ4n) is 2.07. The van der Waals surface area contributed by atoms with Gasteiger partial charge in [0, 0.05) is 16.7 Å². The van der Waals surface area contributed by atoms with Crippen molar-refractivity contribution in [3.8, 4) is 0 Å². The second-order valence-electron chi connectivity index (χ2n) is 4.41. The number of nitrogens with one attached hydrogen (secondary N) is 1. The van der Waals surface area contributed by atoms with E-state index in [0.29, 0.717) is 0 Å². The molecule has 10 nitrogen and oxygen atoms in total. The first-order valence-corrected chi connectivity index (χ1v) is 5.80. The van der Waals surface area contributed by atoms with E-state index < -0.39 is 42.3 Å². The highest BCUT2D eigenvalue weighted by atomic mass is 16.5. The Morgan fingerprint density at radius 1 is 1.60 bits per heavy atom. The van der Waals surface area contributed by atoms with Crippen LogP contribution >= 0.6 is 0 Å². The molecule has 2 rings (SSSR count). The van der Waals surface area contributed by atoms with Crippen LogP contribution in [0.15, 0.2) is 20.9 Å². The highest BCUT2D eigenvalue weighted by Gasteiger charge is 2.44. The van der Waals surface area contributed by atoms with E-state index in [0.717, 1.165) is 4.57 Å². The summed E-state index contributed by atoms with van der Waals surface area (Å²) >= 11 is 0. The maximum Gasteiger partial charge on any atom is 0.330 e.